The molecule has 13 heavy (non-hydrogen) atoms. The summed E-state index contributed by atoms with van der Waals surface area (Å²) in [7, 11) is -4.19. The Morgan fingerprint density at radius 3 is 2.46 bits per heavy atom. The molecule has 1 aromatic rings. The molecule has 1 N–H and O–H groups in total. The average Bonchev–Trinajstić information content (AvgIpc) is 2.01. The predicted molar refractivity (Wildman–Crippen MR) is 47.0 cm³/mol. The van der Waals surface area contributed by atoms with Gasteiger partial charge in [0, 0.05) is 5.56 Å². The Morgan fingerprint density at radius 1 is 1.31 bits per heavy atom. The van der Waals surface area contributed by atoms with Gasteiger partial charge in [0.25, 0.3) is 10.1 Å². The molecule has 0 spiro atoms. The molecule has 3 nitrogen and oxygen atoms in total. The minimum absolute atomic E-state index is 0.111. The fraction of sp³-hybridized carbons (Fsp3) is 0. The second-order valence-electron chi connectivity index (χ2n) is 2.34. The van der Waals surface area contributed by atoms with Crippen LogP contribution in [0.5, 0.6) is 0 Å². The fourth-order valence-electron chi connectivity index (χ4n) is 0.770. The van der Waals surface area contributed by atoms with Gasteiger partial charge >= 0.3 is 0 Å². The normalized spacial score (nSPS) is 12.2. The second kappa shape index (κ2) is 3.68. The third-order valence-electron chi connectivity index (χ3n) is 1.32. The van der Waals surface area contributed by atoms with Gasteiger partial charge in [0.2, 0.25) is 0 Å². The van der Waals surface area contributed by atoms with Crippen LogP contribution in [0.15, 0.2) is 29.7 Å². The molecule has 0 bridgehead atoms. The average molecular weight is 202 g/mol. The second-order valence-corrected chi connectivity index (χ2v) is 3.64. The molecular formula is C8H7FO3S. The van der Waals surface area contributed by atoms with Crippen molar-refractivity contribution in [3.8, 4) is 0 Å². The van der Waals surface area contributed by atoms with E-state index in [1.807, 2.05) is 0 Å². The molecule has 5 heteroatoms. The molecule has 0 saturated heterocycles. The zero-order chi connectivity index (χ0) is 9.90. The molecule has 0 fully saturated rings. The van der Waals surface area contributed by atoms with Crippen molar-refractivity contribution in [3.63, 3.8) is 0 Å². The van der Waals surface area contributed by atoms with Gasteiger partial charge in [-0.05, 0) is 12.1 Å². The summed E-state index contributed by atoms with van der Waals surface area (Å²) in [6, 6.07) is 5.65. The zero-order valence-corrected chi connectivity index (χ0v) is 7.33. The first-order valence-electron chi connectivity index (χ1n) is 3.39. The van der Waals surface area contributed by atoms with Crippen LogP contribution < -0.4 is 0 Å². The molecule has 70 valence electrons. The van der Waals surface area contributed by atoms with Crippen molar-refractivity contribution in [2.75, 3.05) is 0 Å². The number of benzene rings is 1. The van der Waals surface area contributed by atoms with Crippen LogP contribution in [0.2, 0.25) is 0 Å². The highest BCUT2D eigenvalue weighted by Crippen LogP contribution is 2.08. The first-order chi connectivity index (χ1) is 5.99. The Labute approximate surface area is 75.3 Å². The smallest absolute Gasteiger partial charge is 0.282 e. The quantitative estimate of drug-likeness (QED) is 0.742. The van der Waals surface area contributed by atoms with Gasteiger partial charge in [0.15, 0.2) is 0 Å². The molecule has 0 aliphatic rings. The highest BCUT2D eigenvalue weighted by Gasteiger charge is 1.99. The summed E-state index contributed by atoms with van der Waals surface area (Å²) in [5, 5.41) is 0.533. The number of hydrogen-bond acceptors (Lipinski definition) is 2. The van der Waals surface area contributed by atoms with Crippen LogP contribution in [-0.2, 0) is 10.1 Å². The standard InChI is InChI=1S/C8H7FO3S/c9-8-4-2-1-3-7(8)5-6-13(10,11)12/h1-6H,(H,10,11,12)/b6-5+. The topological polar surface area (TPSA) is 54.4 Å². The van der Waals surface area contributed by atoms with Crippen molar-refractivity contribution in [2.45, 2.75) is 0 Å². The van der Waals surface area contributed by atoms with E-state index in [4.69, 9.17) is 4.55 Å². The van der Waals surface area contributed by atoms with Crippen molar-refractivity contribution in [2.24, 2.45) is 0 Å². The van der Waals surface area contributed by atoms with E-state index < -0.39 is 15.9 Å². The number of hydrogen-bond donors (Lipinski definition) is 1. The van der Waals surface area contributed by atoms with Crippen LogP contribution >= 0.6 is 0 Å². The van der Waals surface area contributed by atoms with E-state index in [9.17, 15) is 12.8 Å². The van der Waals surface area contributed by atoms with Gasteiger partial charge in [0.1, 0.15) is 5.82 Å². The lowest BCUT2D eigenvalue weighted by Gasteiger charge is -1.93. The first kappa shape index (κ1) is 9.88. The SMILES string of the molecule is O=S(=O)(O)/C=C/c1ccccc1F. The summed E-state index contributed by atoms with van der Waals surface area (Å²) in [4.78, 5) is 0. The van der Waals surface area contributed by atoms with Gasteiger partial charge in [-0.3, -0.25) is 4.55 Å². The van der Waals surface area contributed by atoms with Crippen molar-refractivity contribution in [1.82, 2.24) is 0 Å². The highest BCUT2D eigenvalue weighted by atomic mass is 32.2. The lowest BCUT2D eigenvalue weighted by molar-refractivity contribution is 0.494. The van der Waals surface area contributed by atoms with Gasteiger partial charge in [-0.1, -0.05) is 18.2 Å². The fourth-order valence-corrected chi connectivity index (χ4v) is 1.09. The van der Waals surface area contributed by atoms with Gasteiger partial charge < -0.3 is 0 Å². The predicted octanol–water partition coefficient (Wildman–Crippen LogP) is 1.68. The highest BCUT2D eigenvalue weighted by molar-refractivity contribution is 7.88. The van der Waals surface area contributed by atoms with Crippen molar-refractivity contribution in [3.05, 3.63) is 41.1 Å². The summed E-state index contributed by atoms with van der Waals surface area (Å²) >= 11 is 0. The minimum Gasteiger partial charge on any atom is -0.282 e. The summed E-state index contributed by atoms with van der Waals surface area (Å²) in [6.07, 6.45) is 0.991. The zero-order valence-electron chi connectivity index (χ0n) is 6.51. The van der Waals surface area contributed by atoms with E-state index in [0.29, 0.717) is 5.41 Å². The molecule has 0 saturated carbocycles. The molecule has 1 aromatic carbocycles. The summed E-state index contributed by atoms with van der Waals surface area (Å²) in [5.74, 6) is -0.539. The lowest BCUT2D eigenvalue weighted by Crippen LogP contribution is -1.89. The molecule has 0 unspecified atom stereocenters. The van der Waals surface area contributed by atoms with E-state index in [0.717, 1.165) is 6.08 Å². The number of halogens is 1. The summed E-state index contributed by atoms with van der Waals surface area (Å²) in [5.41, 5.74) is 0.111. The Hall–Kier alpha value is -1.20. The monoisotopic (exact) mass is 202 g/mol. The van der Waals surface area contributed by atoms with Crippen LogP contribution in [0.25, 0.3) is 6.08 Å². The van der Waals surface area contributed by atoms with Crippen LogP contribution in [0, 0.1) is 5.82 Å². The van der Waals surface area contributed by atoms with Crippen LogP contribution in [0.3, 0.4) is 0 Å². The molecule has 0 aliphatic carbocycles. The van der Waals surface area contributed by atoms with E-state index >= 15 is 0 Å². The van der Waals surface area contributed by atoms with E-state index in [1.54, 1.807) is 6.07 Å². The Kier molecular flexibility index (Phi) is 2.79. The molecular weight excluding hydrogens is 195 g/mol. The lowest BCUT2D eigenvalue weighted by atomic mass is 10.2. The van der Waals surface area contributed by atoms with Crippen molar-refractivity contribution >= 4 is 16.2 Å². The van der Waals surface area contributed by atoms with Crippen molar-refractivity contribution < 1.29 is 17.4 Å². The maximum absolute atomic E-state index is 12.8. The third kappa shape index (κ3) is 3.35. The number of rotatable bonds is 2. The maximum Gasteiger partial charge on any atom is 0.287 e. The van der Waals surface area contributed by atoms with E-state index in [1.165, 1.54) is 18.2 Å². The molecule has 0 heterocycles. The summed E-state index contributed by atoms with van der Waals surface area (Å²) < 4.78 is 41.7. The van der Waals surface area contributed by atoms with Crippen LogP contribution in [-0.4, -0.2) is 13.0 Å². The molecule has 0 radical (unpaired) electrons. The molecule has 1 rings (SSSR count). The molecule has 0 aromatic heterocycles. The molecule has 0 atom stereocenters. The first-order valence-corrected chi connectivity index (χ1v) is 4.89. The van der Waals surface area contributed by atoms with E-state index in [2.05, 4.69) is 0 Å². The van der Waals surface area contributed by atoms with Gasteiger partial charge in [0.05, 0.1) is 5.41 Å². The largest absolute Gasteiger partial charge is 0.287 e. The summed E-state index contributed by atoms with van der Waals surface area (Å²) in [6.45, 7) is 0. The molecule has 0 aliphatic heterocycles. The van der Waals surface area contributed by atoms with Gasteiger partial charge in [-0.25, -0.2) is 4.39 Å². The molecule has 0 amide bonds. The maximum atomic E-state index is 12.8. The van der Waals surface area contributed by atoms with Gasteiger partial charge in [-0.15, -0.1) is 0 Å². The minimum atomic E-state index is -4.19. The third-order valence-corrected chi connectivity index (χ3v) is 1.80. The Balaban J connectivity index is 3.00. The van der Waals surface area contributed by atoms with Gasteiger partial charge in [-0.2, -0.15) is 8.42 Å². The Bertz CT molecular complexity index is 423. The van der Waals surface area contributed by atoms with Crippen LogP contribution in [0.4, 0.5) is 4.39 Å². The Morgan fingerprint density at radius 2 is 1.92 bits per heavy atom. The van der Waals surface area contributed by atoms with E-state index in [-0.39, 0.29) is 5.56 Å². The van der Waals surface area contributed by atoms with Crippen LogP contribution in [0.1, 0.15) is 5.56 Å². The van der Waals surface area contributed by atoms with Crippen molar-refractivity contribution in [1.29, 1.82) is 0 Å².